The van der Waals surface area contributed by atoms with Crippen molar-refractivity contribution in [2.24, 2.45) is 0 Å². The van der Waals surface area contributed by atoms with Gasteiger partial charge in [-0.1, -0.05) is 72.2 Å². The normalized spacial score (nSPS) is 12.5. The molecular formula is C23H17BN2. The van der Waals surface area contributed by atoms with Crippen LogP contribution in [0.5, 0.6) is 0 Å². The molecule has 3 aromatic carbocycles. The van der Waals surface area contributed by atoms with E-state index in [1.807, 2.05) is 12.4 Å². The molecule has 0 fully saturated rings. The van der Waals surface area contributed by atoms with Gasteiger partial charge in [0.15, 0.2) is 0 Å². The van der Waals surface area contributed by atoms with Crippen LogP contribution in [0.4, 0.5) is 11.4 Å². The molecule has 0 bridgehead atoms. The summed E-state index contributed by atoms with van der Waals surface area (Å²) < 4.78 is 0. The molecule has 2 nitrogen and oxygen atoms in total. The Hall–Kier alpha value is -3.33. The van der Waals surface area contributed by atoms with Gasteiger partial charge in [-0.05, 0) is 35.3 Å². The summed E-state index contributed by atoms with van der Waals surface area (Å²) in [5.74, 6) is 0. The molecule has 3 heteroatoms. The van der Waals surface area contributed by atoms with Crippen LogP contribution in [0, 0.1) is 0 Å². The minimum atomic E-state index is 0.117. The topological polar surface area (TPSA) is 16.1 Å². The first-order valence-electron chi connectivity index (χ1n) is 8.86. The number of aromatic nitrogens is 1. The van der Waals surface area contributed by atoms with Crippen molar-refractivity contribution >= 4 is 29.1 Å². The summed E-state index contributed by atoms with van der Waals surface area (Å²) in [6.07, 6.45) is 3.89. The molecule has 0 unspecified atom stereocenters. The molecule has 0 atom stereocenters. The Morgan fingerprint density at radius 1 is 0.654 bits per heavy atom. The molecule has 0 spiro atoms. The number of nitrogens with zero attached hydrogens (tertiary/aromatic N) is 2. The summed E-state index contributed by atoms with van der Waals surface area (Å²) in [5, 5.41) is 0. The van der Waals surface area contributed by atoms with Crippen LogP contribution in [0.2, 0.25) is 0 Å². The molecule has 0 aliphatic carbocycles. The van der Waals surface area contributed by atoms with Gasteiger partial charge in [-0.2, -0.15) is 0 Å². The van der Waals surface area contributed by atoms with E-state index >= 15 is 0 Å². The van der Waals surface area contributed by atoms with Crippen LogP contribution in [-0.4, -0.2) is 11.8 Å². The third-order valence-corrected chi connectivity index (χ3v) is 5.01. The van der Waals surface area contributed by atoms with Crippen LogP contribution in [0.15, 0.2) is 103 Å². The zero-order chi connectivity index (χ0) is 17.3. The summed E-state index contributed by atoms with van der Waals surface area (Å²) in [5.41, 5.74) is 7.41. The van der Waals surface area contributed by atoms with Crippen LogP contribution >= 0.6 is 0 Å². The minimum absolute atomic E-state index is 0.117. The monoisotopic (exact) mass is 332 g/mol. The Kier molecular flexibility index (Phi) is 3.57. The van der Waals surface area contributed by atoms with E-state index in [9.17, 15) is 0 Å². The highest BCUT2D eigenvalue weighted by Gasteiger charge is 2.36. The first-order chi connectivity index (χ1) is 12.9. The molecule has 1 aromatic heterocycles. The second-order valence-electron chi connectivity index (χ2n) is 6.50. The maximum Gasteiger partial charge on any atom is 0.328 e. The number of rotatable bonds is 2. The van der Waals surface area contributed by atoms with Crippen LogP contribution in [0.1, 0.15) is 0 Å². The van der Waals surface area contributed by atoms with Crippen LogP contribution in [0.3, 0.4) is 0 Å². The summed E-state index contributed by atoms with van der Waals surface area (Å²) in [6.45, 7) is 0.117. The van der Waals surface area contributed by atoms with E-state index in [0.717, 1.165) is 0 Å². The number of hydrogen-bond acceptors (Lipinski definition) is 2. The van der Waals surface area contributed by atoms with Gasteiger partial charge in [-0.25, -0.2) is 0 Å². The lowest BCUT2D eigenvalue weighted by Crippen LogP contribution is -2.57. The summed E-state index contributed by atoms with van der Waals surface area (Å²) >= 11 is 0. The highest BCUT2D eigenvalue weighted by atomic mass is 15.1. The largest absolute Gasteiger partial charge is 0.376 e. The molecular weight excluding hydrogens is 315 g/mol. The Labute approximate surface area is 153 Å². The lowest BCUT2D eigenvalue weighted by atomic mass is 9.46. The molecule has 5 rings (SSSR count). The smallest absolute Gasteiger partial charge is 0.328 e. The zero-order valence-corrected chi connectivity index (χ0v) is 14.3. The van der Waals surface area contributed by atoms with Crippen molar-refractivity contribution < 1.29 is 0 Å². The zero-order valence-electron chi connectivity index (χ0n) is 14.3. The molecule has 2 heterocycles. The standard InChI is InChI=1S/C23H17BN2/c1-3-9-18(10-4-1)24-22-15-16-25-17-21(22)20-13-7-8-14-23(20)26(24)19-11-5-2-6-12-19/h1-17H. The van der Waals surface area contributed by atoms with Gasteiger partial charge in [0, 0.05) is 29.3 Å². The van der Waals surface area contributed by atoms with E-state index < -0.39 is 0 Å². The fourth-order valence-electron chi connectivity index (χ4n) is 3.90. The molecule has 0 N–H and O–H groups in total. The first-order valence-corrected chi connectivity index (χ1v) is 8.86. The van der Waals surface area contributed by atoms with Gasteiger partial charge < -0.3 is 4.81 Å². The third kappa shape index (κ3) is 2.32. The molecule has 0 radical (unpaired) electrons. The van der Waals surface area contributed by atoms with Crippen molar-refractivity contribution in [1.29, 1.82) is 0 Å². The number of anilines is 2. The average molecular weight is 332 g/mol. The fourth-order valence-corrected chi connectivity index (χ4v) is 3.90. The molecule has 0 amide bonds. The van der Waals surface area contributed by atoms with E-state index in [4.69, 9.17) is 0 Å². The van der Waals surface area contributed by atoms with E-state index in [0.29, 0.717) is 0 Å². The number of para-hydroxylation sites is 2. The fraction of sp³-hybridized carbons (Fsp3) is 0. The SMILES string of the molecule is c1ccc(B2c3ccncc3-c3ccccc3N2c2ccccc2)cc1. The molecule has 0 saturated carbocycles. The van der Waals surface area contributed by atoms with Crippen molar-refractivity contribution in [3.8, 4) is 11.1 Å². The van der Waals surface area contributed by atoms with Gasteiger partial charge in [-0.3, -0.25) is 4.98 Å². The summed E-state index contributed by atoms with van der Waals surface area (Å²) in [7, 11) is 0. The van der Waals surface area contributed by atoms with E-state index in [1.165, 1.54) is 33.4 Å². The molecule has 1 aliphatic heterocycles. The van der Waals surface area contributed by atoms with Crippen molar-refractivity contribution in [2.45, 2.75) is 0 Å². The predicted octanol–water partition coefficient (Wildman–Crippen LogP) is 4.01. The van der Waals surface area contributed by atoms with Crippen molar-refractivity contribution in [3.05, 3.63) is 103 Å². The Morgan fingerprint density at radius 2 is 1.35 bits per heavy atom. The minimum Gasteiger partial charge on any atom is -0.376 e. The average Bonchev–Trinajstić information content (AvgIpc) is 2.74. The van der Waals surface area contributed by atoms with Gasteiger partial charge in [-0.15, -0.1) is 0 Å². The van der Waals surface area contributed by atoms with Crippen molar-refractivity contribution in [1.82, 2.24) is 4.98 Å². The van der Waals surface area contributed by atoms with Gasteiger partial charge in [0.1, 0.15) is 0 Å². The highest BCUT2D eigenvalue weighted by molar-refractivity contribution is 6.90. The molecule has 1 aliphatic rings. The maximum absolute atomic E-state index is 4.40. The quantitative estimate of drug-likeness (QED) is 0.516. The maximum atomic E-state index is 4.40. The lowest BCUT2D eigenvalue weighted by Gasteiger charge is -2.38. The molecule has 4 aromatic rings. The number of benzene rings is 3. The predicted molar refractivity (Wildman–Crippen MR) is 110 cm³/mol. The first kappa shape index (κ1) is 15.0. The van der Waals surface area contributed by atoms with Crippen LogP contribution in [0.25, 0.3) is 11.1 Å². The molecule has 0 saturated heterocycles. The van der Waals surface area contributed by atoms with Crippen LogP contribution in [-0.2, 0) is 0 Å². The van der Waals surface area contributed by atoms with E-state index in [1.54, 1.807) is 0 Å². The van der Waals surface area contributed by atoms with E-state index in [2.05, 4.69) is 101 Å². The number of pyridine rings is 1. The third-order valence-electron chi connectivity index (χ3n) is 5.01. The lowest BCUT2D eigenvalue weighted by molar-refractivity contribution is 1.31. The Morgan fingerprint density at radius 3 is 2.15 bits per heavy atom. The van der Waals surface area contributed by atoms with Gasteiger partial charge >= 0.3 is 6.85 Å². The number of fused-ring (bicyclic) bond motifs is 3. The van der Waals surface area contributed by atoms with Crippen LogP contribution < -0.4 is 15.7 Å². The number of hydrogen-bond donors (Lipinski definition) is 0. The van der Waals surface area contributed by atoms with E-state index in [-0.39, 0.29) is 6.85 Å². The molecule has 122 valence electrons. The van der Waals surface area contributed by atoms with Gasteiger partial charge in [0.05, 0.1) is 0 Å². The van der Waals surface area contributed by atoms with Gasteiger partial charge in [0.2, 0.25) is 0 Å². The van der Waals surface area contributed by atoms with Gasteiger partial charge in [0.25, 0.3) is 0 Å². The molecule has 26 heavy (non-hydrogen) atoms. The Bertz CT molecular complexity index is 961. The second kappa shape index (κ2) is 6.19. The highest BCUT2D eigenvalue weighted by Crippen LogP contribution is 2.38. The summed E-state index contributed by atoms with van der Waals surface area (Å²) in [6, 6.07) is 32.1. The van der Waals surface area contributed by atoms with Crippen molar-refractivity contribution in [3.63, 3.8) is 0 Å². The summed E-state index contributed by atoms with van der Waals surface area (Å²) in [4.78, 5) is 6.84. The second-order valence-corrected chi connectivity index (χ2v) is 6.50. The van der Waals surface area contributed by atoms with Crippen molar-refractivity contribution in [2.75, 3.05) is 4.81 Å². The Balaban J connectivity index is 1.83.